The van der Waals surface area contributed by atoms with Crippen molar-refractivity contribution in [2.24, 2.45) is 11.8 Å². The van der Waals surface area contributed by atoms with E-state index < -0.39 is 6.10 Å². The molecule has 24 heavy (non-hydrogen) atoms. The lowest BCUT2D eigenvalue weighted by atomic mass is 9.79. The van der Waals surface area contributed by atoms with Gasteiger partial charge in [0.1, 0.15) is 0 Å². The van der Waals surface area contributed by atoms with Crippen LogP contribution in [-0.2, 0) is 0 Å². The van der Waals surface area contributed by atoms with Crippen molar-refractivity contribution in [3.05, 3.63) is 0 Å². The molecule has 1 unspecified atom stereocenters. The molecule has 2 fully saturated rings. The standard InChI is InChI=1S/C18H36N4O2/c1-14-6-5-7-15(2)17(14)19-18(24)21(4)12-16(23)13-22-10-8-20(3)9-11-22/h14-17,23H,5-13H2,1-4H3,(H,19,24)/t14-,15+,16-,17?/m1/s1. The molecular formula is C18H36N4O2. The van der Waals surface area contributed by atoms with Crippen LogP contribution in [0.15, 0.2) is 0 Å². The fourth-order valence-corrected chi connectivity index (χ4v) is 4.00. The second kappa shape index (κ2) is 9.02. The number of carbonyl (C=O) groups excluding carboxylic acids is 1. The lowest BCUT2D eigenvalue weighted by Gasteiger charge is -2.37. The minimum absolute atomic E-state index is 0.0574. The number of likely N-dealkylation sites (N-methyl/N-ethyl adjacent to an activating group) is 2. The summed E-state index contributed by atoms with van der Waals surface area (Å²) < 4.78 is 0. The lowest BCUT2D eigenvalue weighted by Crippen LogP contribution is -2.52. The third kappa shape index (κ3) is 5.60. The van der Waals surface area contributed by atoms with Crippen molar-refractivity contribution >= 4 is 6.03 Å². The Balaban J connectivity index is 1.74. The van der Waals surface area contributed by atoms with Crippen LogP contribution in [0, 0.1) is 11.8 Å². The molecule has 1 aliphatic heterocycles. The molecule has 0 spiro atoms. The maximum Gasteiger partial charge on any atom is 0.317 e. The predicted octanol–water partition coefficient (Wildman–Crippen LogP) is 1.06. The van der Waals surface area contributed by atoms with E-state index in [4.69, 9.17) is 0 Å². The summed E-state index contributed by atoms with van der Waals surface area (Å²) >= 11 is 0. The number of piperazine rings is 1. The first kappa shape index (κ1) is 19.5. The van der Waals surface area contributed by atoms with E-state index in [0.29, 0.717) is 24.9 Å². The molecule has 0 radical (unpaired) electrons. The number of nitrogens with zero attached hydrogens (tertiary/aromatic N) is 3. The Hall–Kier alpha value is -0.850. The zero-order valence-electron chi connectivity index (χ0n) is 15.9. The van der Waals surface area contributed by atoms with Gasteiger partial charge in [0.25, 0.3) is 0 Å². The van der Waals surface area contributed by atoms with Gasteiger partial charge in [-0.2, -0.15) is 0 Å². The number of hydrogen-bond donors (Lipinski definition) is 2. The van der Waals surface area contributed by atoms with Crippen LogP contribution < -0.4 is 5.32 Å². The molecule has 0 bridgehead atoms. The average molecular weight is 341 g/mol. The molecule has 140 valence electrons. The Kier molecular flexibility index (Phi) is 7.32. The van der Waals surface area contributed by atoms with Gasteiger partial charge in [-0.25, -0.2) is 4.79 Å². The SMILES string of the molecule is C[C@@H]1CCC[C@H](C)C1NC(=O)N(C)C[C@@H](O)CN1CCN(C)CC1. The molecule has 2 N–H and O–H groups in total. The molecular weight excluding hydrogens is 304 g/mol. The highest BCUT2D eigenvalue weighted by Crippen LogP contribution is 2.28. The predicted molar refractivity (Wildman–Crippen MR) is 97.1 cm³/mol. The van der Waals surface area contributed by atoms with Crippen molar-refractivity contribution in [2.45, 2.75) is 45.3 Å². The summed E-state index contributed by atoms with van der Waals surface area (Å²) in [4.78, 5) is 18.7. The number of aliphatic hydroxyl groups is 1. The number of urea groups is 1. The molecule has 2 aliphatic rings. The Morgan fingerprint density at radius 3 is 2.38 bits per heavy atom. The van der Waals surface area contributed by atoms with Crippen LogP contribution in [0.2, 0.25) is 0 Å². The number of carbonyl (C=O) groups is 1. The minimum atomic E-state index is -0.495. The molecule has 0 aromatic heterocycles. The third-order valence-electron chi connectivity index (χ3n) is 5.73. The molecule has 0 aromatic carbocycles. The Morgan fingerprint density at radius 1 is 1.21 bits per heavy atom. The van der Waals surface area contributed by atoms with Crippen LogP contribution >= 0.6 is 0 Å². The summed E-state index contributed by atoms with van der Waals surface area (Å²) in [6.45, 7) is 9.53. The fraction of sp³-hybridized carbons (Fsp3) is 0.944. The summed E-state index contributed by atoms with van der Waals surface area (Å²) in [5, 5.41) is 13.5. The molecule has 2 rings (SSSR count). The minimum Gasteiger partial charge on any atom is -0.390 e. The van der Waals surface area contributed by atoms with E-state index >= 15 is 0 Å². The number of amides is 2. The molecule has 6 heteroatoms. The second-order valence-electron chi connectivity index (χ2n) is 8.00. The highest BCUT2D eigenvalue weighted by molar-refractivity contribution is 5.74. The van der Waals surface area contributed by atoms with Crippen molar-refractivity contribution in [3.8, 4) is 0 Å². The van der Waals surface area contributed by atoms with E-state index in [2.05, 4.69) is 36.0 Å². The number of nitrogens with one attached hydrogen (secondary N) is 1. The quantitative estimate of drug-likeness (QED) is 0.786. The molecule has 4 atom stereocenters. The monoisotopic (exact) mass is 340 g/mol. The maximum atomic E-state index is 12.5. The summed E-state index contributed by atoms with van der Waals surface area (Å²) in [6.07, 6.45) is 3.13. The first-order valence-electron chi connectivity index (χ1n) is 9.47. The summed E-state index contributed by atoms with van der Waals surface area (Å²) in [6, 6.07) is 0.196. The van der Waals surface area contributed by atoms with Crippen LogP contribution in [-0.4, -0.2) is 91.3 Å². The highest BCUT2D eigenvalue weighted by Gasteiger charge is 2.30. The van der Waals surface area contributed by atoms with Gasteiger partial charge >= 0.3 is 6.03 Å². The summed E-state index contributed by atoms with van der Waals surface area (Å²) in [7, 11) is 3.90. The molecule has 2 amide bonds. The first-order valence-corrected chi connectivity index (χ1v) is 9.47. The van der Waals surface area contributed by atoms with Gasteiger partial charge in [-0.1, -0.05) is 20.3 Å². The van der Waals surface area contributed by atoms with Crippen LogP contribution in [0.5, 0.6) is 0 Å². The summed E-state index contributed by atoms with van der Waals surface area (Å²) in [5.41, 5.74) is 0. The van der Waals surface area contributed by atoms with Crippen LogP contribution in [0.25, 0.3) is 0 Å². The van der Waals surface area contributed by atoms with E-state index in [1.54, 1.807) is 11.9 Å². The molecule has 0 aromatic rings. The van der Waals surface area contributed by atoms with Gasteiger partial charge in [0.2, 0.25) is 0 Å². The van der Waals surface area contributed by atoms with Crippen LogP contribution in [0.3, 0.4) is 0 Å². The molecule has 1 aliphatic carbocycles. The van der Waals surface area contributed by atoms with E-state index in [-0.39, 0.29) is 12.1 Å². The van der Waals surface area contributed by atoms with E-state index in [0.717, 1.165) is 26.2 Å². The van der Waals surface area contributed by atoms with E-state index in [9.17, 15) is 9.90 Å². The van der Waals surface area contributed by atoms with Crippen LogP contribution in [0.1, 0.15) is 33.1 Å². The number of rotatable bonds is 5. The number of aliphatic hydroxyl groups excluding tert-OH is 1. The van der Waals surface area contributed by atoms with E-state index in [1.807, 2.05) is 0 Å². The van der Waals surface area contributed by atoms with E-state index in [1.165, 1.54) is 19.3 Å². The topological polar surface area (TPSA) is 59.1 Å². The number of β-amino-alcohol motifs (C(OH)–C–C–N with tert-alkyl or cyclic N) is 1. The van der Waals surface area contributed by atoms with Gasteiger partial charge < -0.3 is 20.2 Å². The maximum absolute atomic E-state index is 12.5. The highest BCUT2D eigenvalue weighted by atomic mass is 16.3. The molecule has 1 saturated heterocycles. The zero-order chi connectivity index (χ0) is 17.7. The van der Waals surface area contributed by atoms with Crippen molar-refractivity contribution in [3.63, 3.8) is 0 Å². The number of hydrogen-bond acceptors (Lipinski definition) is 4. The van der Waals surface area contributed by atoms with Gasteiger partial charge in [0.15, 0.2) is 0 Å². The van der Waals surface area contributed by atoms with Crippen molar-refractivity contribution in [2.75, 3.05) is 53.4 Å². The fourth-order valence-electron chi connectivity index (χ4n) is 4.00. The normalized spacial score (nSPS) is 30.8. The van der Waals surface area contributed by atoms with Gasteiger partial charge in [-0.15, -0.1) is 0 Å². The Morgan fingerprint density at radius 2 is 1.79 bits per heavy atom. The smallest absolute Gasteiger partial charge is 0.317 e. The van der Waals surface area contributed by atoms with Crippen molar-refractivity contribution < 1.29 is 9.90 Å². The Labute approximate surface area is 147 Å². The first-order chi connectivity index (χ1) is 11.4. The van der Waals surface area contributed by atoms with Crippen LogP contribution in [0.4, 0.5) is 4.79 Å². The van der Waals surface area contributed by atoms with Gasteiger partial charge in [0.05, 0.1) is 6.10 Å². The molecule has 1 saturated carbocycles. The second-order valence-corrected chi connectivity index (χ2v) is 8.00. The summed E-state index contributed by atoms with van der Waals surface area (Å²) in [5.74, 6) is 1.06. The molecule has 1 heterocycles. The third-order valence-corrected chi connectivity index (χ3v) is 5.73. The van der Waals surface area contributed by atoms with Crippen molar-refractivity contribution in [1.29, 1.82) is 0 Å². The van der Waals surface area contributed by atoms with Crippen molar-refractivity contribution in [1.82, 2.24) is 20.0 Å². The van der Waals surface area contributed by atoms with Gasteiger partial charge in [0, 0.05) is 52.4 Å². The molecule has 6 nitrogen and oxygen atoms in total. The zero-order valence-corrected chi connectivity index (χ0v) is 15.9. The van der Waals surface area contributed by atoms with Gasteiger partial charge in [-0.3, -0.25) is 4.90 Å². The van der Waals surface area contributed by atoms with Gasteiger partial charge in [-0.05, 0) is 31.7 Å². The average Bonchev–Trinajstić information content (AvgIpc) is 2.53. The Bertz CT molecular complexity index is 388. The largest absolute Gasteiger partial charge is 0.390 e. The lowest BCUT2D eigenvalue weighted by molar-refractivity contribution is 0.0646.